The Hall–Kier alpha value is -0.760. The molecular formula is C8H9ClFN. The van der Waals surface area contributed by atoms with Crippen molar-refractivity contribution in [1.82, 2.24) is 0 Å². The Bertz CT molecular complexity index is 250. The standard InChI is InChI=1S/C8H9ClFN/c1-5-3-6(9)4-7(10)8(5)11-2/h3-4,11H,1-2H3. The summed E-state index contributed by atoms with van der Waals surface area (Å²) < 4.78 is 13.0. The number of benzene rings is 1. The van der Waals surface area contributed by atoms with E-state index in [0.717, 1.165) is 5.56 Å². The maximum atomic E-state index is 13.0. The summed E-state index contributed by atoms with van der Waals surface area (Å²) in [5.74, 6) is -0.308. The Balaban J connectivity index is 3.25. The fraction of sp³-hybridized carbons (Fsp3) is 0.250. The van der Waals surface area contributed by atoms with Gasteiger partial charge in [-0.15, -0.1) is 0 Å². The van der Waals surface area contributed by atoms with Gasteiger partial charge in [0.25, 0.3) is 0 Å². The molecule has 0 aromatic heterocycles. The molecule has 11 heavy (non-hydrogen) atoms. The van der Waals surface area contributed by atoms with Crippen LogP contribution in [0, 0.1) is 12.7 Å². The minimum atomic E-state index is -0.308. The normalized spacial score (nSPS) is 9.82. The van der Waals surface area contributed by atoms with E-state index in [0.29, 0.717) is 10.7 Å². The summed E-state index contributed by atoms with van der Waals surface area (Å²) in [6, 6.07) is 3.01. The molecule has 0 spiro atoms. The second-order valence-electron chi connectivity index (χ2n) is 2.33. The molecule has 0 aliphatic rings. The smallest absolute Gasteiger partial charge is 0.148 e. The third kappa shape index (κ3) is 1.63. The van der Waals surface area contributed by atoms with Gasteiger partial charge in [0.2, 0.25) is 0 Å². The lowest BCUT2D eigenvalue weighted by Gasteiger charge is -2.05. The van der Waals surface area contributed by atoms with Crippen LogP contribution in [-0.2, 0) is 0 Å². The third-order valence-electron chi connectivity index (χ3n) is 1.50. The number of aryl methyl sites for hydroxylation is 1. The molecule has 0 fully saturated rings. The number of nitrogens with one attached hydrogen (secondary N) is 1. The average Bonchev–Trinajstić information content (AvgIpc) is 1.85. The SMILES string of the molecule is CNc1c(C)cc(Cl)cc1F. The van der Waals surface area contributed by atoms with E-state index in [-0.39, 0.29) is 5.82 Å². The maximum Gasteiger partial charge on any atom is 0.148 e. The number of anilines is 1. The molecule has 0 unspecified atom stereocenters. The number of hydrogen-bond donors (Lipinski definition) is 1. The Kier molecular flexibility index (Phi) is 2.35. The summed E-state index contributed by atoms with van der Waals surface area (Å²) in [5, 5.41) is 3.19. The zero-order valence-electron chi connectivity index (χ0n) is 6.41. The van der Waals surface area contributed by atoms with Crippen LogP contribution >= 0.6 is 11.6 Å². The molecule has 0 aliphatic carbocycles. The second kappa shape index (κ2) is 3.09. The van der Waals surface area contributed by atoms with Crippen LogP contribution in [0.4, 0.5) is 10.1 Å². The summed E-state index contributed by atoms with van der Waals surface area (Å²) in [6.07, 6.45) is 0. The molecule has 1 nitrogen and oxygen atoms in total. The molecule has 0 bridgehead atoms. The number of halogens is 2. The molecule has 60 valence electrons. The Morgan fingerprint density at radius 2 is 2.09 bits per heavy atom. The third-order valence-corrected chi connectivity index (χ3v) is 1.72. The number of hydrogen-bond acceptors (Lipinski definition) is 1. The van der Waals surface area contributed by atoms with Crippen molar-refractivity contribution in [2.45, 2.75) is 6.92 Å². The lowest BCUT2D eigenvalue weighted by atomic mass is 10.2. The average molecular weight is 174 g/mol. The molecule has 0 atom stereocenters. The predicted octanol–water partition coefficient (Wildman–Crippen LogP) is 2.83. The Morgan fingerprint density at radius 3 is 2.55 bits per heavy atom. The topological polar surface area (TPSA) is 12.0 Å². The zero-order chi connectivity index (χ0) is 8.43. The van der Waals surface area contributed by atoms with E-state index in [1.807, 2.05) is 0 Å². The van der Waals surface area contributed by atoms with E-state index >= 15 is 0 Å². The van der Waals surface area contributed by atoms with Crippen LogP contribution in [0.15, 0.2) is 12.1 Å². The van der Waals surface area contributed by atoms with Gasteiger partial charge in [-0.25, -0.2) is 4.39 Å². The van der Waals surface area contributed by atoms with Gasteiger partial charge in [0.15, 0.2) is 0 Å². The molecule has 0 saturated carbocycles. The van der Waals surface area contributed by atoms with E-state index < -0.39 is 0 Å². The van der Waals surface area contributed by atoms with Gasteiger partial charge >= 0.3 is 0 Å². The van der Waals surface area contributed by atoms with Crippen molar-refractivity contribution < 1.29 is 4.39 Å². The van der Waals surface area contributed by atoms with Gasteiger partial charge in [-0.05, 0) is 24.6 Å². The van der Waals surface area contributed by atoms with Crippen molar-refractivity contribution in [3.8, 4) is 0 Å². The fourth-order valence-corrected chi connectivity index (χ4v) is 1.28. The van der Waals surface area contributed by atoms with Crippen molar-refractivity contribution in [3.05, 3.63) is 28.5 Å². The highest BCUT2D eigenvalue weighted by Crippen LogP contribution is 2.23. The first-order chi connectivity index (χ1) is 5.15. The predicted molar refractivity (Wildman–Crippen MR) is 45.7 cm³/mol. The lowest BCUT2D eigenvalue weighted by molar-refractivity contribution is 0.630. The molecule has 0 amide bonds. The molecule has 1 N–H and O–H groups in total. The second-order valence-corrected chi connectivity index (χ2v) is 2.77. The van der Waals surface area contributed by atoms with E-state index in [2.05, 4.69) is 5.32 Å². The Morgan fingerprint density at radius 1 is 1.45 bits per heavy atom. The van der Waals surface area contributed by atoms with Crippen LogP contribution in [0.2, 0.25) is 5.02 Å². The molecule has 1 rings (SSSR count). The van der Waals surface area contributed by atoms with E-state index in [1.165, 1.54) is 6.07 Å². The molecule has 0 saturated heterocycles. The summed E-state index contributed by atoms with van der Waals surface area (Å²) in [4.78, 5) is 0. The number of rotatable bonds is 1. The van der Waals surface area contributed by atoms with Gasteiger partial charge in [-0.3, -0.25) is 0 Å². The van der Waals surface area contributed by atoms with Crippen molar-refractivity contribution in [2.75, 3.05) is 12.4 Å². The first-order valence-corrected chi connectivity index (χ1v) is 3.66. The first-order valence-electron chi connectivity index (χ1n) is 3.28. The minimum Gasteiger partial charge on any atom is -0.386 e. The minimum absolute atomic E-state index is 0.308. The molecule has 1 aromatic rings. The monoisotopic (exact) mass is 173 g/mol. The van der Waals surface area contributed by atoms with Gasteiger partial charge in [0, 0.05) is 12.1 Å². The summed E-state index contributed by atoms with van der Waals surface area (Å²) in [5.41, 5.74) is 1.33. The van der Waals surface area contributed by atoms with Crippen molar-refractivity contribution >= 4 is 17.3 Å². The maximum absolute atomic E-state index is 13.0. The molecule has 0 heterocycles. The van der Waals surface area contributed by atoms with Gasteiger partial charge in [-0.2, -0.15) is 0 Å². The highest BCUT2D eigenvalue weighted by Gasteiger charge is 2.04. The van der Waals surface area contributed by atoms with Crippen LogP contribution in [0.1, 0.15) is 5.56 Å². The highest BCUT2D eigenvalue weighted by molar-refractivity contribution is 6.30. The summed E-state index contributed by atoms with van der Waals surface area (Å²) >= 11 is 5.61. The molecular weight excluding hydrogens is 165 g/mol. The van der Waals surface area contributed by atoms with Crippen molar-refractivity contribution in [3.63, 3.8) is 0 Å². The van der Waals surface area contributed by atoms with Crippen molar-refractivity contribution in [1.29, 1.82) is 0 Å². The van der Waals surface area contributed by atoms with Gasteiger partial charge in [0.05, 0.1) is 5.69 Å². The highest BCUT2D eigenvalue weighted by atomic mass is 35.5. The lowest BCUT2D eigenvalue weighted by Crippen LogP contribution is -1.95. The van der Waals surface area contributed by atoms with Crippen LogP contribution in [-0.4, -0.2) is 7.05 Å². The summed E-state index contributed by atoms with van der Waals surface area (Å²) in [7, 11) is 1.68. The molecule has 1 aromatic carbocycles. The van der Waals surface area contributed by atoms with E-state index in [4.69, 9.17) is 11.6 Å². The van der Waals surface area contributed by atoms with E-state index in [1.54, 1.807) is 20.0 Å². The largest absolute Gasteiger partial charge is 0.386 e. The van der Waals surface area contributed by atoms with Gasteiger partial charge < -0.3 is 5.32 Å². The van der Waals surface area contributed by atoms with Gasteiger partial charge in [-0.1, -0.05) is 11.6 Å². The van der Waals surface area contributed by atoms with Crippen LogP contribution in [0.3, 0.4) is 0 Å². The zero-order valence-corrected chi connectivity index (χ0v) is 7.17. The summed E-state index contributed by atoms with van der Waals surface area (Å²) in [6.45, 7) is 1.81. The van der Waals surface area contributed by atoms with E-state index in [9.17, 15) is 4.39 Å². The van der Waals surface area contributed by atoms with Gasteiger partial charge in [0.1, 0.15) is 5.82 Å². The van der Waals surface area contributed by atoms with Crippen LogP contribution < -0.4 is 5.32 Å². The fourth-order valence-electron chi connectivity index (χ4n) is 1.02. The molecule has 0 radical (unpaired) electrons. The Labute approximate surface area is 70.2 Å². The van der Waals surface area contributed by atoms with Crippen molar-refractivity contribution in [2.24, 2.45) is 0 Å². The van der Waals surface area contributed by atoms with Crippen LogP contribution in [0.25, 0.3) is 0 Å². The molecule has 0 aliphatic heterocycles. The first kappa shape index (κ1) is 8.34. The quantitative estimate of drug-likeness (QED) is 0.689. The van der Waals surface area contributed by atoms with Crippen LogP contribution in [0.5, 0.6) is 0 Å². The molecule has 3 heteroatoms.